The molecule has 2 rings (SSSR count). The minimum atomic E-state index is -0.464. The van der Waals surface area contributed by atoms with Crippen LogP contribution in [-0.4, -0.2) is 19.3 Å². The molecule has 0 aliphatic rings. The SMILES string of the molecule is FCC(Cc1ccc(F)cc1)NCCCc1ccc(F)cc1. The van der Waals surface area contributed by atoms with Gasteiger partial charge in [-0.3, -0.25) is 0 Å². The molecule has 0 spiro atoms. The number of hydrogen-bond acceptors (Lipinski definition) is 1. The van der Waals surface area contributed by atoms with Crippen LogP contribution >= 0.6 is 0 Å². The van der Waals surface area contributed by atoms with Crippen LogP contribution in [0.3, 0.4) is 0 Å². The van der Waals surface area contributed by atoms with E-state index in [4.69, 9.17) is 0 Å². The van der Waals surface area contributed by atoms with Crippen molar-refractivity contribution in [2.45, 2.75) is 25.3 Å². The Morgan fingerprint density at radius 3 is 1.91 bits per heavy atom. The Bertz CT molecular complexity index is 552. The van der Waals surface area contributed by atoms with Crippen molar-refractivity contribution < 1.29 is 13.2 Å². The van der Waals surface area contributed by atoms with Gasteiger partial charge >= 0.3 is 0 Å². The van der Waals surface area contributed by atoms with Crippen LogP contribution in [0.5, 0.6) is 0 Å². The van der Waals surface area contributed by atoms with Crippen LogP contribution in [0.25, 0.3) is 0 Å². The molecule has 0 saturated carbocycles. The highest BCUT2D eigenvalue weighted by Crippen LogP contribution is 2.08. The zero-order valence-electron chi connectivity index (χ0n) is 12.4. The summed E-state index contributed by atoms with van der Waals surface area (Å²) in [5.41, 5.74) is 1.98. The molecule has 1 unspecified atom stereocenters. The Labute approximate surface area is 129 Å². The summed E-state index contributed by atoms with van der Waals surface area (Å²) in [6.07, 6.45) is 2.21. The summed E-state index contributed by atoms with van der Waals surface area (Å²) in [6.45, 7) is 0.223. The van der Waals surface area contributed by atoms with Crippen LogP contribution in [0.2, 0.25) is 0 Å². The fourth-order valence-electron chi connectivity index (χ4n) is 2.34. The number of rotatable bonds is 8. The second kappa shape index (κ2) is 8.59. The van der Waals surface area contributed by atoms with Gasteiger partial charge in [-0.05, 0) is 61.2 Å². The van der Waals surface area contributed by atoms with E-state index in [9.17, 15) is 13.2 Å². The molecule has 1 nitrogen and oxygen atoms in total. The number of nitrogens with one attached hydrogen (secondary N) is 1. The van der Waals surface area contributed by atoms with Crippen LogP contribution in [0.4, 0.5) is 13.2 Å². The number of benzene rings is 2. The topological polar surface area (TPSA) is 12.0 Å². The van der Waals surface area contributed by atoms with E-state index < -0.39 is 6.67 Å². The zero-order chi connectivity index (χ0) is 15.8. The molecule has 0 saturated heterocycles. The first-order valence-electron chi connectivity index (χ1n) is 7.45. The Hall–Kier alpha value is -1.81. The third-order valence-electron chi connectivity index (χ3n) is 3.57. The fraction of sp³-hybridized carbons (Fsp3) is 0.333. The molecule has 0 bridgehead atoms. The number of halogens is 3. The number of alkyl halides is 1. The largest absolute Gasteiger partial charge is 0.311 e. The van der Waals surface area contributed by atoms with Crippen LogP contribution in [-0.2, 0) is 12.8 Å². The van der Waals surface area contributed by atoms with Gasteiger partial charge < -0.3 is 5.32 Å². The summed E-state index contributed by atoms with van der Waals surface area (Å²) < 4.78 is 38.6. The molecule has 2 aromatic carbocycles. The minimum Gasteiger partial charge on any atom is -0.311 e. The first-order valence-corrected chi connectivity index (χ1v) is 7.45. The molecule has 1 atom stereocenters. The van der Waals surface area contributed by atoms with Crippen LogP contribution in [0.15, 0.2) is 48.5 Å². The average Bonchev–Trinajstić information content (AvgIpc) is 2.54. The smallest absolute Gasteiger partial charge is 0.123 e. The van der Waals surface area contributed by atoms with E-state index in [1.165, 1.54) is 24.3 Å². The summed E-state index contributed by atoms with van der Waals surface area (Å²) in [4.78, 5) is 0. The van der Waals surface area contributed by atoms with E-state index in [0.717, 1.165) is 24.0 Å². The molecule has 118 valence electrons. The molecular formula is C18H20F3N. The third kappa shape index (κ3) is 5.53. The van der Waals surface area contributed by atoms with Crippen molar-refractivity contribution in [1.29, 1.82) is 0 Å². The normalized spacial score (nSPS) is 12.3. The maximum absolute atomic E-state index is 13.0. The predicted octanol–water partition coefficient (Wildman–Crippen LogP) is 4.07. The molecule has 0 aliphatic carbocycles. The highest BCUT2D eigenvalue weighted by atomic mass is 19.1. The lowest BCUT2D eigenvalue weighted by molar-refractivity contribution is 0.371. The van der Waals surface area contributed by atoms with E-state index in [1.807, 2.05) is 0 Å². The van der Waals surface area contributed by atoms with E-state index in [1.54, 1.807) is 24.3 Å². The summed E-state index contributed by atoms with van der Waals surface area (Å²) in [7, 11) is 0. The van der Waals surface area contributed by atoms with Crippen molar-refractivity contribution in [3.05, 3.63) is 71.3 Å². The molecule has 0 fully saturated rings. The maximum atomic E-state index is 13.0. The Kier molecular flexibility index (Phi) is 6.46. The summed E-state index contributed by atoms with van der Waals surface area (Å²) in [5.74, 6) is -0.522. The Morgan fingerprint density at radius 1 is 0.818 bits per heavy atom. The van der Waals surface area contributed by atoms with E-state index in [-0.39, 0.29) is 17.7 Å². The molecular weight excluding hydrogens is 287 g/mol. The average molecular weight is 307 g/mol. The third-order valence-corrected chi connectivity index (χ3v) is 3.57. The molecule has 2 aromatic rings. The summed E-state index contributed by atoms with van der Waals surface area (Å²) in [6, 6.07) is 12.3. The van der Waals surface area contributed by atoms with Crippen molar-refractivity contribution in [2.75, 3.05) is 13.2 Å². The molecule has 4 heteroatoms. The van der Waals surface area contributed by atoms with Gasteiger partial charge in [-0.15, -0.1) is 0 Å². The standard InChI is InChI=1S/C18H20F3N/c19-13-18(12-15-5-9-17(21)10-6-15)22-11-1-2-14-3-7-16(20)8-4-14/h3-10,18,22H,1-2,11-13H2. The maximum Gasteiger partial charge on any atom is 0.123 e. The lowest BCUT2D eigenvalue weighted by atomic mass is 10.1. The quantitative estimate of drug-likeness (QED) is 0.725. The van der Waals surface area contributed by atoms with Gasteiger partial charge in [-0.1, -0.05) is 24.3 Å². The molecule has 0 amide bonds. The van der Waals surface area contributed by atoms with Gasteiger partial charge in [-0.25, -0.2) is 13.2 Å². The highest BCUT2D eigenvalue weighted by molar-refractivity contribution is 5.17. The van der Waals surface area contributed by atoms with Crippen molar-refractivity contribution in [1.82, 2.24) is 5.32 Å². The second-order valence-corrected chi connectivity index (χ2v) is 5.37. The molecule has 1 N–H and O–H groups in total. The van der Waals surface area contributed by atoms with Gasteiger partial charge in [0.1, 0.15) is 18.3 Å². The van der Waals surface area contributed by atoms with Crippen LogP contribution < -0.4 is 5.32 Å². The summed E-state index contributed by atoms with van der Waals surface area (Å²) >= 11 is 0. The van der Waals surface area contributed by atoms with Crippen molar-refractivity contribution in [3.8, 4) is 0 Å². The molecule has 0 aliphatic heterocycles. The van der Waals surface area contributed by atoms with Crippen LogP contribution in [0.1, 0.15) is 17.5 Å². The fourth-order valence-corrected chi connectivity index (χ4v) is 2.34. The number of hydrogen-bond donors (Lipinski definition) is 1. The van der Waals surface area contributed by atoms with Gasteiger partial charge in [0.25, 0.3) is 0 Å². The van der Waals surface area contributed by atoms with E-state index >= 15 is 0 Å². The van der Waals surface area contributed by atoms with Gasteiger partial charge in [0, 0.05) is 6.04 Å². The van der Waals surface area contributed by atoms with Gasteiger partial charge in [-0.2, -0.15) is 0 Å². The molecule has 0 aromatic heterocycles. The first-order chi connectivity index (χ1) is 10.7. The van der Waals surface area contributed by atoms with Gasteiger partial charge in [0.2, 0.25) is 0 Å². The van der Waals surface area contributed by atoms with Crippen molar-refractivity contribution >= 4 is 0 Å². The Morgan fingerprint density at radius 2 is 1.36 bits per heavy atom. The second-order valence-electron chi connectivity index (χ2n) is 5.37. The molecule has 0 radical (unpaired) electrons. The molecule has 22 heavy (non-hydrogen) atoms. The van der Waals surface area contributed by atoms with E-state index in [2.05, 4.69) is 5.32 Å². The highest BCUT2D eigenvalue weighted by Gasteiger charge is 2.08. The first kappa shape index (κ1) is 16.6. The van der Waals surface area contributed by atoms with Gasteiger partial charge in [0.05, 0.1) is 0 Å². The number of aryl methyl sites for hydroxylation is 1. The van der Waals surface area contributed by atoms with Crippen molar-refractivity contribution in [2.24, 2.45) is 0 Å². The van der Waals surface area contributed by atoms with E-state index in [0.29, 0.717) is 13.0 Å². The lowest BCUT2D eigenvalue weighted by Crippen LogP contribution is -2.34. The zero-order valence-corrected chi connectivity index (χ0v) is 12.4. The molecule has 0 heterocycles. The van der Waals surface area contributed by atoms with Gasteiger partial charge in [0.15, 0.2) is 0 Å². The Balaban J connectivity index is 1.71. The minimum absolute atomic E-state index is 0.237. The predicted molar refractivity (Wildman–Crippen MR) is 82.6 cm³/mol. The van der Waals surface area contributed by atoms with Crippen LogP contribution in [0, 0.1) is 11.6 Å². The lowest BCUT2D eigenvalue weighted by Gasteiger charge is -2.15. The summed E-state index contributed by atoms with van der Waals surface area (Å²) in [5, 5.41) is 3.17. The van der Waals surface area contributed by atoms with Crippen molar-refractivity contribution in [3.63, 3.8) is 0 Å². The monoisotopic (exact) mass is 307 g/mol.